The van der Waals surface area contributed by atoms with Gasteiger partial charge < -0.3 is 28.7 Å². The first-order valence-corrected chi connectivity index (χ1v) is 16.9. The predicted molar refractivity (Wildman–Crippen MR) is 186 cm³/mol. The number of hydrogen-bond donors (Lipinski definition) is 0. The molecule has 12 heteroatoms. The lowest BCUT2D eigenvalue weighted by Gasteiger charge is -2.48. The van der Waals surface area contributed by atoms with Gasteiger partial charge in [-0.15, -0.1) is 0 Å². The van der Waals surface area contributed by atoms with E-state index in [1.165, 1.54) is 12.1 Å². The third-order valence-electron chi connectivity index (χ3n) is 9.08. The molecule has 4 aliphatic heterocycles. The Kier molecular flexibility index (Phi) is 9.17. The van der Waals surface area contributed by atoms with E-state index in [0.717, 1.165) is 65.3 Å². The van der Waals surface area contributed by atoms with E-state index in [0.29, 0.717) is 44.4 Å². The number of fused-ring (bicyclic) bond motifs is 10. The Bertz CT molecular complexity index is 1860. The highest BCUT2D eigenvalue weighted by Gasteiger charge is 2.38. The van der Waals surface area contributed by atoms with Crippen LogP contribution >= 0.6 is 0 Å². The average Bonchev–Trinajstić information content (AvgIpc) is 3.41. The van der Waals surface area contributed by atoms with Crippen molar-refractivity contribution in [1.29, 1.82) is 0 Å². The fraction of sp³-hybridized carbons (Fsp3) is 0.432. The van der Waals surface area contributed by atoms with Crippen molar-refractivity contribution in [2.45, 2.75) is 32.4 Å². The molecule has 0 aliphatic carbocycles. The van der Waals surface area contributed by atoms with Crippen molar-refractivity contribution in [2.75, 3.05) is 70.6 Å². The summed E-state index contributed by atoms with van der Waals surface area (Å²) < 4.78 is 40.1. The molecule has 2 saturated heterocycles. The first-order chi connectivity index (χ1) is 23.6. The molecule has 258 valence electrons. The van der Waals surface area contributed by atoms with Gasteiger partial charge in [-0.05, 0) is 57.2 Å². The minimum absolute atomic E-state index is 0.262. The second-order valence-electron chi connectivity index (χ2n) is 13.7. The summed E-state index contributed by atoms with van der Waals surface area (Å²) in [5, 5.41) is 5.44. The number of ether oxygens (including phenoxy) is 4. The summed E-state index contributed by atoms with van der Waals surface area (Å²) >= 11 is 0. The van der Waals surface area contributed by atoms with Crippen LogP contribution in [0.1, 0.15) is 20.8 Å². The molecule has 1 amide bonds. The van der Waals surface area contributed by atoms with Crippen molar-refractivity contribution in [3.8, 4) is 33.9 Å². The Morgan fingerprint density at radius 2 is 1.65 bits per heavy atom. The van der Waals surface area contributed by atoms with Crippen LogP contribution in [-0.4, -0.2) is 108 Å². The zero-order valence-electron chi connectivity index (χ0n) is 28.5. The van der Waals surface area contributed by atoms with E-state index in [9.17, 15) is 9.18 Å². The lowest BCUT2D eigenvalue weighted by atomic mass is 10.0. The Balaban J connectivity index is 1.22. The molecule has 0 spiro atoms. The molecule has 2 fully saturated rings. The second-order valence-corrected chi connectivity index (χ2v) is 13.7. The van der Waals surface area contributed by atoms with Crippen LogP contribution in [0.25, 0.3) is 33.3 Å². The molecule has 4 aromatic rings. The number of likely N-dealkylation sites (tertiary alicyclic amines) is 1. The molecular weight excluding hydrogens is 627 g/mol. The number of aryl methyl sites for hydroxylation is 1. The van der Waals surface area contributed by atoms with Crippen LogP contribution in [0.5, 0.6) is 11.5 Å². The number of carbonyl (C=O) groups excluding carboxylic acids is 1. The third kappa shape index (κ3) is 7.20. The van der Waals surface area contributed by atoms with Gasteiger partial charge in [0.2, 0.25) is 0 Å². The molecule has 2 aromatic heterocycles. The average molecular weight is 671 g/mol. The molecular formula is C37H43FN6O5. The number of pyridine rings is 1. The number of aromatic nitrogens is 3. The number of hydrogen-bond acceptors (Lipinski definition) is 9. The van der Waals surface area contributed by atoms with Gasteiger partial charge in [-0.3, -0.25) is 9.58 Å². The number of anilines is 1. The van der Waals surface area contributed by atoms with Gasteiger partial charge in [-0.1, -0.05) is 6.08 Å². The number of carbonyl (C=O) groups is 1. The zero-order valence-corrected chi connectivity index (χ0v) is 28.5. The van der Waals surface area contributed by atoms with Gasteiger partial charge >= 0.3 is 6.09 Å². The van der Waals surface area contributed by atoms with Gasteiger partial charge in [0.1, 0.15) is 41.9 Å². The summed E-state index contributed by atoms with van der Waals surface area (Å²) in [5.74, 6) is 1.55. The van der Waals surface area contributed by atoms with Crippen molar-refractivity contribution in [2.24, 2.45) is 7.05 Å². The Morgan fingerprint density at radius 1 is 0.898 bits per heavy atom. The maximum Gasteiger partial charge on any atom is 0.410 e. The highest BCUT2D eigenvalue weighted by Crippen LogP contribution is 2.41. The summed E-state index contributed by atoms with van der Waals surface area (Å²) in [6.07, 6.45) is 5.42. The molecule has 11 nitrogen and oxygen atoms in total. The van der Waals surface area contributed by atoms with E-state index < -0.39 is 5.60 Å². The Hall–Kier alpha value is -4.68. The van der Waals surface area contributed by atoms with E-state index >= 15 is 0 Å². The zero-order chi connectivity index (χ0) is 34.1. The van der Waals surface area contributed by atoms with Crippen LogP contribution in [0.2, 0.25) is 0 Å². The van der Waals surface area contributed by atoms with E-state index in [1.54, 1.807) is 11.0 Å². The quantitative estimate of drug-likeness (QED) is 0.256. The normalized spacial score (nSPS) is 18.6. The first-order valence-electron chi connectivity index (χ1n) is 16.9. The fourth-order valence-electron chi connectivity index (χ4n) is 6.48. The van der Waals surface area contributed by atoms with Crippen molar-refractivity contribution in [1.82, 2.24) is 24.6 Å². The summed E-state index contributed by atoms with van der Waals surface area (Å²) in [6, 6.07) is 13.0. The fourth-order valence-corrected chi connectivity index (χ4v) is 6.48. The highest BCUT2D eigenvalue weighted by atomic mass is 19.1. The van der Waals surface area contributed by atoms with Crippen molar-refractivity contribution < 1.29 is 28.1 Å². The van der Waals surface area contributed by atoms with E-state index in [2.05, 4.69) is 21.0 Å². The molecule has 0 N–H and O–H groups in total. The van der Waals surface area contributed by atoms with Gasteiger partial charge in [-0.25, -0.2) is 14.2 Å². The number of halogens is 1. The molecule has 0 radical (unpaired) electrons. The Morgan fingerprint density at radius 3 is 2.45 bits per heavy atom. The van der Waals surface area contributed by atoms with Gasteiger partial charge in [-0.2, -0.15) is 5.10 Å². The second kappa shape index (κ2) is 13.7. The van der Waals surface area contributed by atoms with Crippen molar-refractivity contribution >= 4 is 22.8 Å². The number of amides is 1. The molecule has 0 saturated carbocycles. The smallest absolute Gasteiger partial charge is 0.410 e. The van der Waals surface area contributed by atoms with Crippen molar-refractivity contribution in [3.05, 3.63) is 66.6 Å². The highest BCUT2D eigenvalue weighted by molar-refractivity contribution is 5.89. The lowest BCUT2D eigenvalue weighted by molar-refractivity contribution is -0.0162. The topological polar surface area (TPSA) is 94.4 Å². The van der Waals surface area contributed by atoms with Crippen LogP contribution in [0.15, 0.2) is 60.8 Å². The SMILES string of the molecule is Cn1ncc2cc3c(cc21)OC/C=C/COCCOc1cc(F)ccc1-c1ccc-3nc1N1CCN(C2CN(C(=O)OC(C)(C)C)C2)CC1. The summed E-state index contributed by atoms with van der Waals surface area (Å²) in [5.41, 5.74) is 3.67. The summed E-state index contributed by atoms with van der Waals surface area (Å²) in [7, 11) is 1.91. The number of nitrogens with zero attached hydrogens (tertiary/aromatic N) is 6. The van der Waals surface area contributed by atoms with Crippen LogP contribution in [0, 0.1) is 5.82 Å². The van der Waals surface area contributed by atoms with Gasteiger partial charge in [0.05, 0.1) is 30.6 Å². The number of piperazine rings is 1. The monoisotopic (exact) mass is 670 g/mol. The van der Waals surface area contributed by atoms with Crippen LogP contribution in [-0.2, 0) is 16.5 Å². The van der Waals surface area contributed by atoms with Crippen molar-refractivity contribution in [3.63, 3.8) is 0 Å². The molecule has 4 aliphatic rings. The van der Waals surface area contributed by atoms with E-state index in [1.807, 2.05) is 69.0 Å². The maximum absolute atomic E-state index is 14.6. The lowest BCUT2D eigenvalue weighted by Crippen LogP contribution is -2.64. The van der Waals surface area contributed by atoms with Gasteiger partial charge in [0.25, 0.3) is 0 Å². The summed E-state index contributed by atoms with van der Waals surface area (Å²) in [4.78, 5) is 24.3. The molecule has 8 rings (SSSR count). The first kappa shape index (κ1) is 32.8. The molecule has 2 bridgehead atoms. The third-order valence-corrected chi connectivity index (χ3v) is 9.08. The van der Waals surface area contributed by atoms with Crippen LogP contribution < -0.4 is 14.4 Å². The Labute approximate surface area is 285 Å². The maximum atomic E-state index is 14.6. The minimum Gasteiger partial charge on any atom is -0.490 e. The summed E-state index contributed by atoms with van der Waals surface area (Å²) in [6.45, 7) is 11.4. The molecule has 0 unspecified atom stereocenters. The van der Waals surface area contributed by atoms with Crippen LogP contribution in [0.4, 0.5) is 15.0 Å². The van der Waals surface area contributed by atoms with E-state index in [-0.39, 0.29) is 24.6 Å². The minimum atomic E-state index is -0.515. The van der Waals surface area contributed by atoms with Crippen LogP contribution in [0.3, 0.4) is 0 Å². The largest absolute Gasteiger partial charge is 0.490 e. The molecule has 6 heterocycles. The predicted octanol–water partition coefficient (Wildman–Crippen LogP) is 5.53. The number of benzene rings is 2. The molecule has 0 atom stereocenters. The standard InChI is InChI=1S/C37H43FN6O5/c1-37(2,3)49-36(45)44-23-27(24-44)42-11-13-43(14-12-42)35-29-9-10-31(40-35)30-19-25-22-39-41(4)32(25)21-34(30)47-16-6-5-15-46-17-18-48-33-20-26(38)7-8-28(29)33/h5-10,19-22,27H,11-18,23-24H2,1-4H3/b6-5+. The van der Waals surface area contributed by atoms with Gasteiger partial charge in [0.15, 0.2) is 0 Å². The molecule has 49 heavy (non-hydrogen) atoms. The number of rotatable bonds is 2. The molecule has 2 aromatic carbocycles. The van der Waals surface area contributed by atoms with Gasteiger partial charge in [0, 0.05) is 86.6 Å². The van der Waals surface area contributed by atoms with E-state index in [4.69, 9.17) is 23.9 Å².